The summed E-state index contributed by atoms with van der Waals surface area (Å²) in [6.45, 7) is 9.52. The molecule has 28 heavy (non-hydrogen) atoms. The van der Waals surface area contributed by atoms with Gasteiger partial charge in [0.25, 0.3) is 0 Å². The van der Waals surface area contributed by atoms with E-state index in [9.17, 15) is 0 Å². The van der Waals surface area contributed by atoms with E-state index in [1.54, 1.807) is 7.11 Å². The van der Waals surface area contributed by atoms with E-state index in [0.717, 1.165) is 12.2 Å². The van der Waals surface area contributed by atoms with Crippen molar-refractivity contribution in [3.63, 3.8) is 0 Å². The minimum absolute atomic E-state index is 0.0899. The van der Waals surface area contributed by atoms with E-state index in [0.29, 0.717) is 18.4 Å². The summed E-state index contributed by atoms with van der Waals surface area (Å²) in [7, 11) is 1.76. The average molecular weight is 405 g/mol. The van der Waals surface area contributed by atoms with E-state index < -0.39 is 0 Å². The molecule has 154 valence electrons. The summed E-state index contributed by atoms with van der Waals surface area (Å²) in [6, 6.07) is 10.8. The first-order valence-electron chi connectivity index (χ1n) is 10.5. The molecule has 0 radical (unpaired) electrons. The van der Waals surface area contributed by atoms with E-state index in [4.69, 9.17) is 18.9 Å². The molecule has 0 aliphatic carbocycles. The molecule has 0 N–H and O–H groups in total. The Labute approximate surface area is 172 Å². The predicted octanol–water partition coefficient (Wildman–Crippen LogP) is 4.44. The first-order valence-corrected chi connectivity index (χ1v) is 11.6. The van der Waals surface area contributed by atoms with Crippen LogP contribution in [0.25, 0.3) is 0 Å². The highest BCUT2D eigenvalue weighted by molar-refractivity contribution is 8.00. The zero-order valence-corrected chi connectivity index (χ0v) is 18.3. The Morgan fingerprint density at radius 1 is 1.25 bits per heavy atom. The smallest absolute Gasteiger partial charge is 0.164 e. The number of benzene rings is 1. The second-order valence-corrected chi connectivity index (χ2v) is 10.8. The van der Waals surface area contributed by atoms with Crippen LogP contribution in [-0.2, 0) is 18.9 Å². The highest BCUT2D eigenvalue weighted by Gasteiger charge is 2.82. The molecule has 4 fully saturated rings. The van der Waals surface area contributed by atoms with Gasteiger partial charge in [-0.1, -0.05) is 44.2 Å². The van der Waals surface area contributed by atoms with E-state index in [1.807, 2.05) is 11.8 Å². The maximum absolute atomic E-state index is 6.89. The van der Waals surface area contributed by atoms with Crippen molar-refractivity contribution in [3.05, 3.63) is 35.9 Å². The third kappa shape index (κ3) is 2.40. The summed E-state index contributed by atoms with van der Waals surface area (Å²) < 4.78 is 25.8. The number of methoxy groups -OCH3 is 1. The number of rotatable bonds is 6. The van der Waals surface area contributed by atoms with Gasteiger partial charge in [0.1, 0.15) is 5.44 Å². The van der Waals surface area contributed by atoms with Gasteiger partial charge >= 0.3 is 0 Å². The number of hydrogen-bond acceptors (Lipinski definition) is 5. The molecule has 1 unspecified atom stereocenters. The quantitative estimate of drug-likeness (QED) is 0.701. The van der Waals surface area contributed by atoms with Crippen molar-refractivity contribution in [2.24, 2.45) is 17.3 Å². The van der Waals surface area contributed by atoms with Crippen molar-refractivity contribution in [1.29, 1.82) is 0 Å². The molecule has 4 nitrogen and oxygen atoms in total. The summed E-state index contributed by atoms with van der Waals surface area (Å²) in [6.07, 6.45) is 0.957. The molecule has 0 saturated carbocycles. The van der Waals surface area contributed by atoms with Gasteiger partial charge in [-0.05, 0) is 31.7 Å². The lowest BCUT2D eigenvalue weighted by Gasteiger charge is -2.45. The van der Waals surface area contributed by atoms with Crippen LogP contribution < -0.4 is 0 Å². The molecule has 0 aromatic heterocycles. The third-order valence-electron chi connectivity index (χ3n) is 8.08. The van der Waals surface area contributed by atoms with Crippen molar-refractivity contribution in [2.45, 2.75) is 69.1 Å². The first-order chi connectivity index (χ1) is 13.3. The van der Waals surface area contributed by atoms with Gasteiger partial charge in [0.2, 0.25) is 0 Å². The molecule has 4 heterocycles. The van der Waals surface area contributed by atoms with Gasteiger partial charge in [-0.15, -0.1) is 11.8 Å². The first kappa shape index (κ1) is 19.4. The maximum atomic E-state index is 6.89. The number of thioether (sulfide) groups is 1. The Hall–Kier alpha value is -0.590. The number of fused-ring (bicyclic) bond motifs is 2. The SMILES string of the molecule is CO[C@H]1O[C@@H]2SCC34C[C@H](c5ccccc5)[C@H](O3)[C@H]1[C@]24COC(C)(C)C(C)C. The summed E-state index contributed by atoms with van der Waals surface area (Å²) in [5.74, 6) is 2.04. The fourth-order valence-corrected chi connectivity index (χ4v) is 7.58. The monoisotopic (exact) mass is 404 g/mol. The van der Waals surface area contributed by atoms with Crippen molar-refractivity contribution >= 4 is 11.8 Å². The summed E-state index contributed by atoms with van der Waals surface area (Å²) in [4.78, 5) is 0. The number of ether oxygens (including phenoxy) is 4. The summed E-state index contributed by atoms with van der Waals surface area (Å²) >= 11 is 1.89. The van der Waals surface area contributed by atoms with Crippen molar-refractivity contribution in [1.82, 2.24) is 0 Å². The zero-order chi connectivity index (χ0) is 19.7. The van der Waals surface area contributed by atoms with Crippen LogP contribution in [0.15, 0.2) is 30.3 Å². The van der Waals surface area contributed by atoms with Gasteiger partial charge in [-0.25, -0.2) is 0 Å². The summed E-state index contributed by atoms with van der Waals surface area (Å²) in [5, 5.41) is 0. The zero-order valence-electron chi connectivity index (χ0n) is 17.5. The molecule has 5 heteroatoms. The Balaban J connectivity index is 1.52. The predicted molar refractivity (Wildman–Crippen MR) is 110 cm³/mol. The molecule has 1 aromatic rings. The molecule has 5 rings (SSSR count). The maximum Gasteiger partial charge on any atom is 0.164 e. The summed E-state index contributed by atoms with van der Waals surface area (Å²) in [5.41, 5.74) is 0.980. The van der Waals surface area contributed by atoms with Crippen LogP contribution >= 0.6 is 11.8 Å². The van der Waals surface area contributed by atoms with Crippen molar-refractivity contribution in [2.75, 3.05) is 19.5 Å². The second kappa shape index (κ2) is 6.45. The van der Waals surface area contributed by atoms with Crippen LogP contribution in [0.4, 0.5) is 0 Å². The Bertz CT molecular complexity index is 737. The molecule has 4 aliphatic heterocycles. The van der Waals surface area contributed by atoms with Gasteiger partial charge in [0.05, 0.1) is 35.2 Å². The number of hydrogen-bond donors (Lipinski definition) is 0. The Kier molecular flexibility index (Phi) is 4.47. The van der Waals surface area contributed by atoms with E-state index >= 15 is 0 Å². The van der Waals surface area contributed by atoms with Gasteiger partial charge in [0.15, 0.2) is 6.29 Å². The average Bonchev–Trinajstić information content (AvgIpc) is 3.38. The normalized spacial score (nSPS) is 43.9. The highest BCUT2D eigenvalue weighted by Crippen LogP contribution is 2.74. The lowest BCUT2D eigenvalue weighted by molar-refractivity contribution is -0.145. The lowest BCUT2D eigenvalue weighted by Crippen LogP contribution is -2.55. The standard InChI is InChI=1S/C23H32O4S/c1-14(2)21(3,4)25-12-23-17-18-16(15-9-7-6-8-10-15)11-22(23,27-18)13-28-20(23)26-19(17)24-5/h6-10,14,16-20H,11-13H2,1-5H3/t16-,17-,18+,19+,20-,22?,23-/m1/s1. The molecular formula is C23H32O4S. The minimum atomic E-state index is -0.220. The molecule has 1 spiro atoms. The fourth-order valence-electron chi connectivity index (χ4n) is 5.78. The van der Waals surface area contributed by atoms with Crippen LogP contribution in [0.1, 0.15) is 45.6 Å². The molecule has 0 amide bonds. The van der Waals surface area contributed by atoms with E-state index in [2.05, 4.69) is 58.0 Å². The van der Waals surface area contributed by atoms with Crippen LogP contribution in [0.5, 0.6) is 0 Å². The lowest BCUT2D eigenvalue weighted by atomic mass is 9.58. The van der Waals surface area contributed by atoms with Gasteiger partial charge < -0.3 is 18.9 Å². The van der Waals surface area contributed by atoms with E-state index in [-0.39, 0.29) is 40.4 Å². The van der Waals surface area contributed by atoms with Gasteiger partial charge in [-0.3, -0.25) is 0 Å². The van der Waals surface area contributed by atoms with Crippen LogP contribution in [0.2, 0.25) is 0 Å². The topological polar surface area (TPSA) is 36.9 Å². The molecule has 1 aromatic carbocycles. The molecule has 4 aliphatic rings. The van der Waals surface area contributed by atoms with Crippen LogP contribution in [0.3, 0.4) is 0 Å². The van der Waals surface area contributed by atoms with Gasteiger partial charge in [0, 0.05) is 18.8 Å². The van der Waals surface area contributed by atoms with Gasteiger partial charge in [-0.2, -0.15) is 0 Å². The minimum Gasteiger partial charge on any atom is -0.374 e. The Morgan fingerprint density at radius 3 is 2.68 bits per heavy atom. The van der Waals surface area contributed by atoms with Crippen LogP contribution in [0, 0.1) is 17.3 Å². The second-order valence-electron chi connectivity index (χ2n) is 9.79. The van der Waals surface area contributed by atoms with E-state index in [1.165, 1.54) is 5.56 Å². The van der Waals surface area contributed by atoms with Crippen molar-refractivity contribution < 1.29 is 18.9 Å². The largest absolute Gasteiger partial charge is 0.374 e. The van der Waals surface area contributed by atoms with Crippen LogP contribution in [-0.4, -0.2) is 48.5 Å². The fraction of sp³-hybridized carbons (Fsp3) is 0.739. The highest BCUT2D eigenvalue weighted by atomic mass is 32.2. The molecule has 4 saturated heterocycles. The van der Waals surface area contributed by atoms with Crippen molar-refractivity contribution in [3.8, 4) is 0 Å². The molecular weight excluding hydrogens is 372 g/mol. The molecule has 2 bridgehead atoms. The molecule has 7 atom stereocenters. The third-order valence-corrected chi connectivity index (χ3v) is 9.55. The Morgan fingerprint density at radius 2 is 2.00 bits per heavy atom.